The second-order valence-electron chi connectivity index (χ2n) is 3.90. The van der Waals surface area contributed by atoms with Gasteiger partial charge in [-0.15, -0.1) is 11.8 Å². The zero-order valence-electron chi connectivity index (χ0n) is 9.96. The predicted octanol–water partition coefficient (Wildman–Crippen LogP) is 3.38. The molecule has 0 bridgehead atoms. The summed E-state index contributed by atoms with van der Waals surface area (Å²) in [6.07, 6.45) is 1.53. The smallest absolute Gasteiger partial charge is 0.335 e. The third kappa shape index (κ3) is 3.11. The van der Waals surface area contributed by atoms with Gasteiger partial charge in [0.05, 0.1) is 10.6 Å². The molecule has 0 aliphatic heterocycles. The van der Waals surface area contributed by atoms with Gasteiger partial charge in [0.25, 0.3) is 0 Å². The van der Waals surface area contributed by atoms with Gasteiger partial charge in [0, 0.05) is 11.9 Å². The van der Waals surface area contributed by atoms with Crippen molar-refractivity contribution in [2.45, 2.75) is 17.7 Å². The lowest BCUT2D eigenvalue weighted by atomic mass is 10.1. The van der Waals surface area contributed by atoms with E-state index in [-0.39, 0.29) is 5.56 Å². The number of benzene rings is 1. The Morgan fingerprint density at radius 3 is 2.83 bits per heavy atom. The first kappa shape index (κ1) is 12.6. The van der Waals surface area contributed by atoms with Gasteiger partial charge in [-0.3, -0.25) is 0 Å². The maximum Gasteiger partial charge on any atom is 0.335 e. The fourth-order valence-electron chi connectivity index (χ4n) is 1.55. The summed E-state index contributed by atoms with van der Waals surface area (Å²) in [5.74, 6) is -0.127. The minimum atomic E-state index is -0.921. The van der Waals surface area contributed by atoms with Gasteiger partial charge in [-0.05, 0) is 30.2 Å². The standard InChI is InChI=1S/C14H13NO2S/c1-10-4-2-3-5-12(10)9-18-13-8-11(14(16)17)6-7-15-13/h2-8H,9H2,1H3,(H,16,17). The van der Waals surface area contributed by atoms with E-state index in [2.05, 4.69) is 24.0 Å². The molecule has 0 saturated carbocycles. The monoisotopic (exact) mass is 259 g/mol. The highest BCUT2D eigenvalue weighted by molar-refractivity contribution is 7.98. The molecule has 1 heterocycles. The van der Waals surface area contributed by atoms with Gasteiger partial charge in [0.1, 0.15) is 0 Å². The molecule has 0 atom stereocenters. The Hall–Kier alpha value is -1.81. The van der Waals surface area contributed by atoms with E-state index in [0.717, 1.165) is 10.8 Å². The van der Waals surface area contributed by atoms with Gasteiger partial charge < -0.3 is 5.11 Å². The molecule has 18 heavy (non-hydrogen) atoms. The number of rotatable bonds is 4. The number of hydrogen-bond acceptors (Lipinski definition) is 3. The number of carboxylic acid groups (broad SMARTS) is 1. The predicted molar refractivity (Wildman–Crippen MR) is 71.9 cm³/mol. The largest absolute Gasteiger partial charge is 0.478 e. The molecule has 3 nitrogen and oxygen atoms in total. The Morgan fingerprint density at radius 1 is 1.33 bits per heavy atom. The van der Waals surface area contributed by atoms with Crippen molar-refractivity contribution in [1.29, 1.82) is 0 Å². The topological polar surface area (TPSA) is 50.2 Å². The van der Waals surface area contributed by atoms with Crippen LogP contribution in [0.25, 0.3) is 0 Å². The normalized spacial score (nSPS) is 10.3. The van der Waals surface area contributed by atoms with E-state index in [1.165, 1.54) is 23.4 Å². The summed E-state index contributed by atoms with van der Waals surface area (Å²) in [5.41, 5.74) is 2.75. The molecule has 0 amide bonds. The first-order chi connectivity index (χ1) is 8.66. The summed E-state index contributed by atoms with van der Waals surface area (Å²) in [6.45, 7) is 2.07. The molecular formula is C14H13NO2S. The van der Waals surface area contributed by atoms with Crippen molar-refractivity contribution in [1.82, 2.24) is 4.98 Å². The average Bonchev–Trinajstić information content (AvgIpc) is 2.38. The fraction of sp³-hybridized carbons (Fsp3) is 0.143. The molecular weight excluding hydrogens is 246 g/mol. The minimum Gasteiger partial charge on any atom is -0.478 e. The summed E-state index contributed by atoms with van der Waals surface area (Å²) in [4.78, 5) is 15.0. The summed E-state index contributed by atoms with van der Waals surface area (Å²) in [7, 11) is 0. The van der Waals surface area contributed by atoms with Crippen molar-refractivity contribution in [2.24, 2.45) is 0 Å². The molecule has 1 N–H and O–H groups in total. The van der Waals surface area contributed by atoms with Gasteiger partial charge in [-0.25, -0.2) is 9.78 Å². The average molecular weight is 259 g/mol. The van der Waals surface area contributed by atoms with Crippen LogP contribution in [-0.4, -0.2) is 16.1 Å². The van der Waals surface area contributed by atoms with Crippen molar-refractivity contribution in [2.75, 3.05) is 0 Å². The third-order valence-corrected chi connectivity index (χ3v) is 3.59. The van der Waals surface area contributed by atoms with Crippen LogP contribution < -0.4 is 0 Å². The molecule has 0 saturated heterocycles. The van der Waals surface area contributed by atoms with E-state index in [9.17, 15) is 4.79 Å². The van der Waals surface area contributed by atoms with Gasteiger partial charge >= 0.3 is 5.97 Å². The van der Waals surface area contributed by atoms with Crippen LogP contribution in [0.3, 0.4) is 0 Å². The molecule has 0 unspecified atom stereocenters. The number of pyridine rings is 1. The number of hydrogen-bond donors (Lipinski definition) is 1. The Balaban J connectivity index is 2.09. The van der Waals surface area contributed by atoms with E-state index in [1.54, 1.807) is 17.8 Å². The molecule has 0 fully saturated rings. The number of aromatic nitrogens is 1. The second kappa shape index (κ2) is 5.69. The molecule has 0 aliphatic carbocycles. The summed E-state index contributed by atoms with van der Waals surface area (Å²) < 4.78 is 0. The van der Waals surface area contributed by atoms with Crippen LogP contribution in [0.1, 0.15) is 21.5 Å². The van der Waals surface area contributed by atoms with Crippen LogP contribution in [0, 0.1) is 6.92 Å². The van der Waals surface area contributed by atoms with E-state index >= 15 is 0 Å². The number of aryl methyl sites for hydroxylation is 1. The van der Waals surface area contributed by atoms with Crippen molar-refractivity contribution in [3.63, 3.8) is 0 Å². The molecule has 0 aliphatic rings. The summed E-state index contributed by atoms with van der Waals surface area (Å²) in [6, 6.07) is 11.3. The van der Waals surface area contributed by atoms with Crippen molar-refractivity contribution in [3.05, 3.63) is 59.3 Å². The van der Waals surface area contributed by atoms with E-state index in [4.69, 9.17) is 5.11 Å². The first-order valence-corrected chi connectivity index (χ1v) is 6.52. The summed E-state index contributed by atoms with van der Waals surface area (Å²) >= 11 is 1.54. The lowest BCUT2D eigenvalue weighted by Gasteiger charge is -2.05. The van der Waals surface area contributed by atoms with E-state index in [1.807, 2.05) is 12.1 Å². The highest BCUT2D eigenvalue weighted by Gasteiger charge is 2.05. The van der Waals surface area contributed by atoms with E-state index in [0.29, 0.717) is 0 Å². The highest BCUT2D eigenvalue weighted by atomic mass is 32.2. The van der Waals surface area contributed by atoms with Gasteiger partial charge in [-0.1, -0.05) is 24.3 Å². The quantitative estimate of drug-likeness (QED) is 0.855. The maximum atomic E-state index is 10.8. The van der Waals surface area contributed by atoms with Gasteiger partial charge in [0.2, 0.25) is 0 Å². The van der Waals surface area contributed by atoms with Crippen LogP contribution in [0.5, 0.6) is 0 Å². The van der Waals surface area contributed by atoms with Crippen LogP contribution in [0.2, 0.25) is 0 Å². The van der Waals surface area contributed by atoms with Crippen LogP contribution >= 0.6 is 11.8 Å². The van der Waals surface area contributed by atoms with Crippen molar-refractivity contribution < 1.29 is 9.90 Å². The third-order valence-electron chi connectivity index (χ3n) is 2.62. The number of aromatic carboxylic acids is 1. The summed E-state index contributed by atoms with van der Waals surface area (Å²) in [5, 5.41) is 9.64. The molecule has 1 aromatic heterocycles. The van der Waals surface area contributed by atoms with Crippen molar-refractivity contribution in [3.8, 4) is 0 Å². The highest BCUT2D eigenvalue weighted by Crippen LogP contribution is 2.23. The molecule has 0 spiro atoms. The lowest BCUT2D eigenvalue weighted by Crippen LogP contribution is -1.97. The maximum absolute atomic E-state index is 10.8. The van der Waals surface area contributed by atoms with Gasteiger partial charge in [-0.2, -0.15) is 0 Å². The van der Waals surface area contributed by atoms with Crippen LogP contribution in [-0.2, 0) is 5.75 Å². The fourth-order valence-corrected chi connectivity index (χ4v) is 2.52. The Labute approximate surface area is 110 Å². The molecule has 1 aromatic carbocycles. The molecule has 0 radical (unpaired) electrons. The number of nitrogens with zero attached hydrogens (tertiary/aromatic N) is 1. The van der Waals surface area contributed by atoms with E-state index < -0.39 is 5.97 Å². The lowest BCUT2D eigenvalue weighted by molar-refractivity contribution is 0.0696. The van der Waals surface area contributed by atoms with Crippen LogP contribution in [0.4, 0.5) is 0 Å². The van der Waals surface area contributed by atoms with Gasteiger partial charge in [0.15, 0.2) is 0 Å². The molecule has 2 rings (SSSR count). The Kier molecular flexibility index (Phi) is 3.99. The minimum absolute atomic E-state index is 0.275. The number of carboxylic acids is 1. The zero-order chi connectivity index (χ0) is 13.0. The zero-order valence-corrected chi connectivity index (χ0v) is 10.8. The number of thioether (sulfide) groups is 1. The second-order valence-corrected chi connectivity index (χ2v) is 4.90. The Morgan fingerprint density at radius 2 is 2.11 bits per heavy atom. The Bertz CT molecular complexity index is 569. The molecule has 4 heteroatoms. The first-order valence-electron chi connectivity index (χ1n) is 5.53. The molecule has 92 valence electrons. The van der Waals surface area contributed by atoms with Crippen molar-refractivity contribution >= 4 is 17.7 Å². The SMILES string of the molecule is Cc1ccccc1CSc1cc(C(=O)O)ccn1. The number of carbonyl (C=O) groups is 1. The van der Waals surface area contributed by atoms with Crippen LogP contribution in [0.15, 0.2) is 47.6 Å². The molecule has 2 aromatic rings.